The minimum absolute atomic E-state index is 0.0847. The van der Waals surface area contributed by atoms with E-state index in [1.54, 1.807) is 12.3 Å². The zero-order chi connectivity index (χ0) is 22.6. The van der Waals surface area contributed by atoms with Gasteiger partial charge < -0.3 is 9.73 Å². The molecular formula is C25H25N5O2S. The lowest BCUT2D eigenvalue weighted by Crippen LogP contribution is -2.38. The highest BCUT2D eigenvalue weighted by Gasteiger charge is 2.22. The summed E-state index contributed by atoms with van der Waals surface area (Å²) in [4.78, 5) is 28.5. The second-order valence-electron chi connectivity index (χ2n) is 8.22. The van der Waals surface area contributed by atoms with Crippen LogP contribution in [-0.2, 0) is 4.79 Å². The van der Waals surface area contributed by atoms with Crippen LogP contribution in [-0.4, -0.2) is 45.4 Å². The Morgan fingerprint density at radius 2 is 1.97 bits per heavy atom. The number of piperidine rings is 1. The van der Waals surface area contributed by atoms with E-state index in [1.807, 2.05) is 24.4 Å². The molecule has 5 rings (SSSR count). The number of hydrogen-bond donors (Lipinski definition) is 1. The number of nitrogens with zero attached hydrogens (tertiary/aromatic N) is 4. The maximum Gasteiger partial charge on any atom is 0.239 e. The molecule has 1 saturated heterocycles. The summed E-state index contributed by atoms with van der Waals surface area (Å²) in [6, 6.07) is 16.1. The zero-order valence-corrected chi connectivity index (χ0v) is 19.2. The predicted octanol–water partition coefficient (Wildman–Crippen LogP) is 4.99. The Bertz CT molecular complexity index is 1210. The first-order valence-corrected chi connectivity index (χ1v) is 11.9. The molecule has 33 heavy (non-hydrogen) atoms. The lowest BCUT2D eigenvalue weighted by Gasteiger charge is -2.31. The third kappa shape index (κ3) is 5.18. The third-order valence-corrected chi connectivity index (χ3v) is 6.63. The van der Waals surface area contributed by atoms with Gasteiger partial charge in [0.15, 0.2) is 11.6 Å². The molecule has 3 aromatic heterocycles. The summed E-state index contributed by atoms with van der Waals surface area (Å²) in [5.74, 6) is 2.69. The van der Waals surface area contributed by atoms with Crippen LogP contribution >= 0.6 is 11.3 Å². The first-order chi connectivity index (χ1) is 16.1. The summed E-state index contributed by atoms with van der Waals surface area (Å²) in [5, 5.41) is 5.61. The highest BCUT2D eigenvalue weighted by Crippen LogP contribution is 2.28. The number of aromatic nitrogens is 3. The monoisotopic (exact) mass is 459 g/mol. The van der Waals surface area contributed by atoms with Crippen LogP contribution in [0.2, 0.25) is 0 Å². The van der Waals surface area contributed by atoms with E-state index in [1.165, 1.54) is 16.9 Å². The van der Waals surface area contributed by atoms with Crippen LogP contribution in [0.25, 0.3) is 22.3 Å². The number of amides is 1. The Morgan fingerprint density at radius 3 is 2.67 bits per heavy atom. The minimum atomic E-state index is -0.0847. The smallest absolute Gasteiger partial charge is 0.239 e. The molecule has 1 N–H and O–H groups in total. The summed E-state index contributed by atoms with van der Waals surface area (Å²) in [5.41, 5.74) is 2.04. The van der Waals surface area contributed by atoms with Crippen LogP contribution in [0.5, 0.6) is 0 Å². The van der Waals surface area contributed by atoms with Gasteiger partial charge in [-0.3, -0.25) is 9.69 Å². The fourth-order valence-electron chi connectivity index (χ4n) is 4.17. The molecule has 0 aliphatic carbocycles. The number of likely N-dealkylation sites (tertiary alicyclic amines) is 1. The van der Waals surface area contributed by atoms with Crippen LogP contribution in [0.1, 0.15) is 30.1 Å². The van der Waals surface area contributed by atoms with Gasteiger partial charge in [-0.25, -0.2) is 15.0 Å². The van der Waals surface area contributed by atoms with Crippen molar-refractivity contribution < 1.29 is 9.21 Å². The van der Waals surface area contributed by atoms with Crippen molar-refractivity contribution in [3.8, 4) is 22.3 Å². The molecule has 1 aliphatic rings. The SMILES string of the molecule is Cc1ccc(-c2nc(NC(=O)CN3CCC(c4ccccc4)CC3)cc(-c3nccs3)n2)o1. The molecule has 7 nitrogen and oxygen atoms in total. The van der Waals surface area contributed by atoms with Gasteiger partial charge in [0, 0.05) is 17.6 Å². The van der Waals surface area contributed by atoms with E-state index >= 15 is 0 Å². The first kappa shape index (κ1) is 21.5. The van der Waals surface area contributed by atoms with Gasteiger partial charge >= 0.3 is 0 Å². The number of aryl methyl sites for hydroxylation is 1. The molecule has 1 aliphatic heterocycles. The number of anilines is 1. The van der Waals surface area contributed by atoms with Crippen LogP contribution in [0.3, 0.4) is 0 Å². The maximum atomic E-state index is 12.8. The number of benzene rings is 1. The highest BCUT2D eigenvalue weighted by molar-refractivity contribution is 7.13. The molecule has 4 heterocycles. The van der Waals surface area contributed by atoms with Gasteiger partial charge in [-0.05, 0) is 56.5 Å². The second kappa shape index (κ2) is 9.64. The minimum Gasteiger partial charge on any atom is -0.458 e. The molecule has 0 unspecified atom stereocenters. The Kier molecular flexibility index (Phi) is 6.28. The van der Waals surface area contributed by atoms with Crippen molar-refractivity contribution in [3.63, 3.8) is 0 Å². The fourth-order valence-corrected chi connectivity index (χ4v) is 4.77. The van der Waals surface area contributed by atoms with Crippen molar-refractivity contribution in [1.82, 2.24) is 19.9 Å². The van der Waals surface area contributed by atoms with E-state index in [0.717, 1.165) is 36.7 Å². The number of hydrogen-bond acceptors (Lipinski definition) is 7. The number of carbonyl (C=O) groups is 1. The lowest BCUT2D eigenvalue weighted by atomic mass is 9.89. The van der Waals surface area contributed by atoms with Gasteiger partial charge in [0.1, 0.15) is 22.3 Å². The maximum absolute atomic E-state index is 12.8. The van der Waals surface area contributed by atoms with Crippen molar-refractivity contribution in [2.24, 2.45) is 0 Å². The van der Waals surface area contributed by atoms with E-state index in [0.29, 0.717) is 35.6 Å². The summed E-state index contributed by atoms with van der Waals surface area (Å²) in [7, 11) is 0. The van der Waals surface area contributed by atoms with Gasteiger partial charge in [0.2, 0.25) is 5.91 Å². The van der Waals surface area contributed by atoms with E-state index in [4.69, 9.17) is 4.42 Å². The molecule has 1 amide bonds. The number of thiazole rings is 1. The molecule has 0 radical (unpaired) electrons. The van der Waals surface area contributed by atoms with Crippen molar-refractivity contribution in [3.05, 3.63) is 71.4 Å². The second-order valence-corrected chi connectivity index (χ2v) is 9.11. The largest absolute Gasteiger partial charge is 0.458 e. The molecule has 0 saturated carbocycles. The van der Waals surface area contributed by atoms with Crippen LogP contribution in [0.15, 0.2) is 64.5 Å². The summed E-state index contributed by atoms with van der Waals surface area (Å²) in [6.07, 6.45) is 3.85. The molecular weight excluding hydrogens is 434 g/mol. The van der Waals surface area contributed by atoms with E-state index in [-0.39, 0.29) is 5.91 Å². The summed E-state index contributed by atoms with van der Waals surface area (Å²) < 4.78 is 5.71. The highest BCUT2D eigenvalue weighted by atomic mass is 32.1. The normalized spacial score (nSPS) is 14.9. The fraction of sp³-hybridized carbons (Fsp3) is 0.280. The van der Waals surface area contributed by atoms with Crippen LogP contribution in [0.4, 0.5) is 5.82 Å². The number of carbonyl (C=O) groups excluding carboxylic acids is 1. The predicted molar refractivity (Wildman–Crippen MR) is 129 cm³/mol. The van der Waals surface area contributed by atoms with Gasteiger partial charge in [-0.2, -0.15) is 0 Å². The average Bonchev–Trinajstić information content (AvgIpc) is 3.52. The molecule has 168 valence electrons. The van der Waals surface area contributed by atoms with E-state index < -0.39 is 0 Å². The molecule has 0 atom stereocenters. The first-order valence-electron chi connectivity index (χ1n) is 11.1. The van der Waals surface area contributed by atoms with Crippen LogP contribution in [0, 0.1) is 6.92 Å². The quantitative estimate of drug-likeness (QED) is 0.437. The average molecular weight is 460 g/mol. The molecule has 4 aromatic rings. The van der Waals surface area contributed by atoms with E-state index in [2.05, 4.69) is 55.5 Å². The number of rotatable bonds is 6. The Labute approximate surface area is 196 Å². The van der Waals surface area contributed by atoms with Gasteiger partial charge in [-0.15, -0.1) is 11.3 Å². The van der Waals surface area contributed by atoms with Crippen molar-refractivity contribution in [1.29, 1.82) is 0 Å². The van der Waals surface area contributed by atoms with Gasteiger partial charge in [-0.1, -0.05) is 30.3 Å². The van der Waals surface area contributed by atoms with Crippen LogP contribution < -0.4 is 5.32 Å². The van der Waals surface area contributed by atoms with Gasteiger partial charge in [0.25, 0.3) is 0 Å². The number of furan rings is 1. The molecule has 1 aromatic carbocycles. The molecule has 0 bridgehead atoms. The van der Waals surface area contributed by atoms with Crippen molar-refractivity contribution >= 4 is 23.1 Å². The molecule has 8 heteroatoms. The zero-order valence-electron chi connectivity index (χ0n) is 18.4. The Balaban J connectivity index is 1.27. The van der Waals surface area contributed by atoms with Gasteiger partial charge in [0.05, 0.1) is 6.54 Å². The van der Waals surface area contributed by atoms with Crippen molar-refractivity contribution in [2.75, 3.05) is 25.0 Å². The Morgan fingerprint density at radius 1 is 1.15 bits per heavy atom. The molecule has 1 fully saturated rings. The lowest BCUT2D eigenvalue weighted by molar-refractivity contribution is -0.117. The topological polar surface area (TPSA) is 84.2 Å². The Hall–Kier alpha value is -3.36. The molecule has 0 spiro atoms. The summed E-state index contributed by atoms with van der Waals surface area (Å²) >= 11 is 1.49. The summed E-state index contributed by atoms with van der Waals surface area (Å²) in [6.45, 7) is 4.02. The van der Waals surface area contributed by atoms with Crippen molar-refractivity contribution in [2.45, 2.75) is 25.7 Å². The number of nitrogens with one attached hydrogen (secondary N) is 1. The van der Waals surface area contributed by atoms with E-state index in [9.17, 15) is 4.79 Å². The third-order valence-electron chi connectivity index (χ3n) is 5.83. The standard InChI is InChI=1S/C25H25N5O2S/c1-17-7-8-21(32-17)24-27-20(25-26-11-14-33-25)15-22(29-24)28-23(31)16-30-12-9-19(10-13-30)18-5-3-2-4-6-18/h2-8,11,14-15,19H,9-10,12-13,16H2,1H3,(H,27,28,29,31).